The second-order valence-electron chi connectivity index (χ2n) is 5.27. The maximum absolute atomic E-state index is 12.0. The van der Waals surface area contributed by atoms with Crippen LogP contribution in [-0.4, -0.2) is 43.0 Å². The molecule has 0 aromatic heterocycles. The smallest absolute Gasteiger partial charge is 0.323 e. The third-order valence-electron chi connectivity index (χ3n) is 3.77. The van der Waals surface area contributed by atoms with Crippen molar-refractivity contribution >= 4 is 11.9 Å². The van der Waals surface area contributed by atoms with Gasteiger partial charge in [0.1, 0.15) is 6.04 Å². The van der Waals surface area contributed by atoms with E-state index in [1.54, 1.807) is 0 Å². The Bertz CT molecular complexity index is 476. The van der Waals surface area contributed by atoms with Crippen LogP contribution in [0.3, 0.4) is 0 Å². The fraction of sp³-hybridized carbons (Fsp3) is 0.500. The Kier molecular flexibility index (Phi) is 5.75. The van der Waals surface area contributed by atoms with Crippen molar-refractivity contribution in [2.45, 2.75) is 31.8 Å². The summed E-state index contributed by atoms with van der Waals surface area (Å²) < 4.78 is 4.82. The highest BCUT2D eigenvalue weighted by Gasteiger charge is 2.30. The fourth-order valence-electron chi connectivity index (χ4n) is 2.62. The molecule has 1 aliphatic heterocycles. The average molecular weight is 290 g/mol. The molecule has 1 saturated heterocycles. The number of hydrogen-bond donors (Lipinski definition) is 1. The molecule has 0 bridgehead atoms. The Morgan fingerprint density at radius 1 is 1.29 bits per heavy atom. The minimum absolute atomic E-state index is 0.0605. The van der Waals surface area contributed by atoms with Gasteiger partial charge < -0.3 is 10.1 Å². The first-order chi connectivity index (χ1) is 10.2. The van der Waals surface area contributed by atoms with Crippen molar-refractivity contribution in [2.75, 3.05) is 20.2 Å². The van der Waals surface area contributed by atoms with Gasteiger partial charge in [0, 0.05) is 6.54 Å². The molecule has 1 fully saturated rings. The molecule has 1 aromatic carbocycles. The maximum atomic E-state index is 12.0. The summed E-state index contributed by atoms with van der Waals surface area (Å²) in [5, 5.41) is 2.89. The van der Waals surface area contributed by atoms with Crippen LogP contribution in [0, 0.1) is 0 Å². The number of likely N-dealkylation sites (tertiary alicyclic amines) is 1. The van der Waals surface area contributed by atoms with E-state index in [1.165, 1.54) is 7.11 Å². The van der Waals surface area contributed by atoms with Gasteiger partial charge in [0.05, 0.1) is 13.7 Å². The van der Waals surface area contributed by atoms with Crippen molar-refractivity contribution in [3.63, 3.8) is 0 Å². The van der Waals surface area contributed by atoms with Gasteiger partial charge in [-0.05, 0) is 24.9 Å². The summed E-state index contributed by atoms with van der Waals surface area (Å²) >= 11 is 0. The molecular formula is C16H22N2O3. The molecule has 0 spiro atoms. The van der Waals surface area contributed by atoms with Crippen molar-refractivity contribution in [3.8, 4) is 0 Å². The summed E-state index contributed by atoms with van der Waals surface area (Å²) in [6.07, 6.45) is 2.78. The number of rotatable bonds is 5. The van der Waals surface area contributed by atoms with E-state index >= 15 is 0 Å². The summed E-state index contributed by atoms with van der Waals surface area (Å²) in [6.45, 7) is 1.52. The molecule has 5 heteroatoms. The lowest BCUT2D eigenvalue weighted by molar-refractivity contribution is -0.148. The van der Waals surface area contributed by atoms with E-state index in [2.05, 4.69) is 5.32 Å². The molecule has 1 heterocycles. The third-order valence-corrected chi connectivity index (χ3v) is 3.77. The van der Waals surface area contributed by atoms with E-state index in [1.807, 2.05) is 35.2 Å². The largest absolute Gasteiger partial charge is 0.468 e. The minimum Gasteiger partial charge on any atom is -0.468 e. The molecular weight excluding hydrogens is 268 g/mol. The Hall–Kier alpha value is -1.88. The number of nitrogens with zero attached hydrogens (tertiary/aromatic N) is 1. The number of benzene rings is 1. The van der Waals surface area contributed by atoms with E-state index in [-0.39, 0.29) is 24.5 Å². The van der Waals surface area contributed by atoms with Crippen LogP contribution in [0.5, 0.6) is 0 Å². The van der Waals surface area contributed by atoms with Gasteiger partial charge in [0.15, 0.2) is 0 Å². The summed E-state index contributed by atoms with van der Waals surface area (Å²) in [5.41, 5.74) is 1.06. The number of nitrogens with one attached hydrogen (secondary N) is 1. The van der Waals surface area contributed by atoms with Crippen LogP contribution in [0.25, 0.3) is 0 Å². The highest BCUT2D eigenvalue weighted by atomic mass is 16.5. The normalized spacial score (nSPS) is 19.0. The Balaban J connectivity index is 1.84. The molecule has 0 unspecified atom stereocenters. The highest BCUT2D eigenvalue weighted by Crippen LogP contribution is 2.17. The fourth-order valence-corrected chi connectivity index (χ4v) is 2.62. The van der Waals surface area contributed by atoms with Crippen molar-refractivity contribution in [2.24, 2.45) is 0 Å². The molecule has 114 valence electrons. The Morgan fingerprint density at radius 2 is 2.05 bits per heavy atom. The number of carbonyl (C=O) groups is 2. The predicted molar refractivity (Wildman–Crippen MR) is 79.5 cm³/mol. The lowest BCUT2D eigenvalue weighted by Crippen LogP contribution is -2.49. The summed E-state index contributed by atoms with van der Waals surface area (Å²) in [7, 11) is 1.39. The number of carbonyl (C=O) groups excluding carboxylic acids is 2. The first-order valence-electron chi connectivity index (χ1n) is 7.33. The number of piperidine rings is 1. The molecule has 0 aliphatic carbocycles. The van der Waals surface area contributed by atoms with Gasteiger partial charge >= 0.3 is 5.97 Å². The van der Waals surface area contributed by atoms with Crippen molar-refractivity contribution in [1.29, 1.82) is 0 Å². The van der Waals surface area contributed by atoms with Crippen LogP contribution in [0.1, 0.15) is 24.8 Å². The van der Waals surface area contributed by atoms with Crippen molar-refractivity contribution < 1.29 is 14.3 Å². The summed E-state index contributed by atoms with van der Waals surface area (Å²) in [4.78, 5) is 25.7. The number of hydrogen-bond acceptors (Lipinski definition) is 4. The van der Waals surface area contributed by atoms with Gasteiger partial charge in [-0.2, -0.15) is 0 Å². The van der Waals surface area contributed by atoms with Crippen LogP contribution in [0.15, 0.2) is 30.3 Å². The minimum atomic E-state index is -0.286. The first-order valence-corrected chi connectivity index (χ1v) is 7.33. The Morgan fingerprint density at radius 3 is 2.76 bits per heavy atom. The van der Waals surface area contributed by atoms with Crippen molar-refractivity contribution in [1.82, 2.24) is 10.2 Å². The third kappa shape index (κ3) is 4.56. The van der Waals surface area contributed by atoms with Gasteiger partial charge in [-0.25, -0.2) is 0 Å². The van der Waals surface area contributed by atoms with Crippen LogP contribution in [0.4, 0.5) is 0 Å². The first kappa shape index (κ1) is 15.5. The molecule has 1 aromatic rings. The number of methoxy groups -OCH3 is 1. The van der Waals surface area contributed by atoms with Crippen LogP contribution in [0.2, 0.25) is 0 Å². The van der Waals surface area contributed by atoms with Gasteiger partial charge in [-0.15, -0.1) is 0 Å². The zero-order valence-corrected chi connectivity index (χ0v) is 12.4. The molecule has 0 saturated carbocycles. The number of esters is 1. The number of amides is 1. The van der Waals surface area contributed by atoms with E-state index in [0.29, 0.717) is 6.54 Å². The van der Waals surface area contributed by atoms with E-state index in [9.17, 15) is 9.59 Å². The van der Waals surface area contributed by atoms with E-state index in [4.69, 9.17) is 4.74 Å². The zero-order chi connectivity index (χ0) is 15.1. The molecule has 1 aliphatic rings. The highest BCUT2D eigenvalue weighted by molar-refractivity contribution is 5.80. The zero-order valence-electron chi connectivity index (χ0n) is 12.4. The van der Waals surface area contributed by atoms with Gasteiger partial charge in [-0.1, -0.05) is 36.8 Å². The quantitative estimate of drug-likeness (QED) is 0.831. The molecule has 1 atom stereocenters. The van der Waals surface area contributed by atoms with Crippen LogP contribution in [-0.2, 0) is 20.9 Å². The summed E-state index contributed by atoms with van der Waals surface area (Å²) in [6, 6.07) is 9.49. The Labute approximate surface area is 125 Å². The second kappa shape index (κ2) is 7.78. The van der Waals surface area contributed by atoms with Crippen molar-refractivity contribution in [3.05, 3.63) is 35.9 Å². The maximum Gasteiger partial charge on any atom is 0.323 e. The lowest BCUT2D eigenvalue weighted by atomic mass is 10.0. The SMILES string of the molecule is COC(=O)[C@H]1CCCCN1CC(=O)NCc1ccccc1. The van der Waals surface area contributed by atoms with Crippen LogP contribution >= 0.6 is 0 Å². The topological polar surface area (TPSA) is 58.6 Å². The summed E-state index contributed by atoms with van der Waals surface area (Å²) in [5.74, 6) is -0.305. The molecule has 0 radical (unpaired) electrons. The molecule has 1 N–H and O–H groups in total. The molecule has 21 heavy (non-hydrogen) atoms. The molecule has 2 rings (SSSR count). The van der Waals surface area contributed by atoms with Gasteiger partial charge in [0.25, 0.3) is 0 Å². The lowest BCUT2D eigenvalue weighted by Gasteiger charge is -2.32. The monoisotopic (exact) mass is 290 g/mol. The van der Waals surface area contributed by atoms with Crippen LogP contribution < -0.4 is 5.32 Å². The average Bonchev–Trinajstić information content (AvgIpc) is 2.54. The second-order valence-corrected chi connectivity index (χ2v) is 5.27. The predicted octanol–water partition coefficient (Wildman–Crippen LogP) is 1.33. The standard InChI is InChI=1S/C16H22N2O3/c1-21-16(20)14-9-5-6-10-18(14)12-15(19)17-11-13-7-3-2-4-8-13/h2-4,7-8,14H,5-6,9-12H2,1H3,(H,17,19)/t14-/m1/s1. The van der Waals surface area contributed by atoms with Gasteiger partial charge in [0.2, 0.25) is 5.91 Å². The number of ether oxygens (including phenoxy) is 1. The van der Waals surface area contributed by atoms with E-state index < -0.39 is 0 Å². The molecule has 1 amide bonds. The van der Waals surface area contributed by atoms with Gasteiger partial charge in [-0.3, -0.25) is 14.5 Å². The molecule has 5 nitrogen and oxygen atoms in total. The van der Waals surface area contributed by atoms with E-state index in [0.717, 1.165) is 31.4 Å².